The van der Waals surface area contributed by atoms with Crippen molar-refractivity contribution >= 4 is 46.1 Å². The number of likely N-dealkylation sites (tertiary alicyclic amines) is 2. The molecule has 4 fully saturated rings. The van der Waals surface area contributed by atoms with Gasteiger partial charge >= 0.3 is 12.2 Å². The zero-order valence-electron chi connectivity index (χ0n) is 38.2. The zero-order valence-corrected chi connectivity index (χ0v) is 38.2. The Hall–Kier alpha value is -6.88. The molecule has 16 heteroatoms. The molecule has 0 radical (unpaired) electrons. The first-order chi connectivity index (χ1) is 33.2. The van der Waals surface area contributed by atoms with Crippen LogP contribution < -0.4 is 10.6 Å². The van der Waals surface area contributed by atoms with Crippen molar-refractivity contribution in [2.24, 2.45) is 10.9 Å². The number of hydrogen-bond donors (Lipinski definition) is 3. The molecule has 5 aromatic rings. The minimum atomic E-state index is -0.951. The van der Waals surface area contributed by atoms with Crippen LogP contribution in [0.25, 0.3) is 38.7 Å². The van der Waals surface area contributed by atoms with Gasteiger partial charge in [-0.05, 0) is 82.3 Å². The van der Waals surface area contributed by atoms with Crippen LogP contribution in [0.15, 0.2) is 108 Å². The molecule has 4 aromatic carbocycles. The highest BCUT2D eigenvalue weighted by Crippen LogP contribution is 2.43. The number of aromatic amines is 1. The topological polar surface area (TPSA) is 186 Å². The van der Waals surface area contributed by atoms with Crippen LogP contribution in [0.4, 0.5) is 9.59 Å². The molecule has 16 nitrogen and oxygen atoms in total. The number of methoxy groups -OCH3 is 2. The Labute approximate surface area is 394 Å². The van der Waals surface area contributed by atoms with E-state index in [4.69, 9.17) is 33.7 Å². The van der Waals surface area contributed by atoms with Gasteiger partial charge in [0.05, 0.1) is 58.0 Å². The van der Waals surface area contributed by atoms with Gasteiger partial charge in [-0.3, -0.25) is 14.6 Å². The maximum atomic E-state index is 14.5. The number of alkyl carbamates (subject to hydrolysis) is 2. The molecule has 68 heavy (non-hydrogen) atoms. The first-order valence-corrected chi connectivity index (χ1v) is 23.4. The highest BCUT2D eigenvalue weighted by atomic mass is 16.7. The maximum absolute atomic E-state index is 14.5. The van der Waals surface area contributed by atoms with Gasteiger partial charge in [-0.1, -0.05) is 78.9 Å². The molecule has 1 spiro atoms. The molecule has 5 aliphatic heterocycles. The average molecular weight is 922 g/mol. The number of nitrogens with zero attached hydrogens (tertiary/aromatic N) is 4. The van der Waals surface area contributed by atoms with Crippen molar-refractivity contribution < 1.29 is 42.9 Å². The van der Waals surface area contributed by atoms with Crippen molar-refractivity contribution in [3.8, 4) is 22.4 Å². The number of nitrogens with one attached hydrogen (secondary N) is 3. The van der Waals surface area contributed by atoms with E-state index in [0.717, 1.165) is 62.8 Å². The number of fused-ring (bicyclic) bond motifs is 1. The lowest BCUT2D eigenvalue weighted by atomic mass is 9.90. The van der Waals surface area contributed by atoms with Crippen LogP contribution in [0.2, 0.25) is 0 Å². The molecule has 1 aromatic heterocycles. The number of H-pyrrole nitrogens is 1. The molecule has 4 atom stereocenters. The second-order valence-electron chi connectivity index (χ2n) is 18.0. The zero-order chi connectivity index (χ0) is 46.8. The minimum absolute atomic E-state index is 0.115. The maximum Gasteiger partial charge on any atom is 0.407 e. The van der Waals surface area contributed by atoms with E-state index < -0.39 is 36.1 Å². The van der Waals surface area contributed by atoms with Crippen molar-refractivity contribution in [3.05, 3.63) is 120 Å². The summed E-state index contributed by atoms with van der Waals surface area (Å²) in [5.74, 6) is -0.865. The van der Waals surface area contributed by atoms with Gasteiger partial charge in [0.2, 0.25) is 11.8 Å². The number of carbonyl (C=O) groups excluding carboxylic acids is 4. The summed E-state index contributed by atoms with van der Waals surface area (Å²) < 4.78 is 27.6. The Balaban J connectivity index is 0.811. The molecular weight excluding hydrogens is 867 g/mol. The second-order valence-corrected chi connectivity index (χ2v) is 18.0. The average Bonchev–Trinajstić information content (AvgIpc) is 4.26. The third-order valence-electron chi connectivity index (χ3n) is 14.0. The Morgan fingerprint density at radius 1 is 0.750 bits per heavy atom. The fourth-order valence-corrected chi connectivity index (χ4v) is 10.4. The van der Waals surface area contributed by atoms with E-state index in [0.29, 0.717) is 70.0 Å². The fraction of sp³-hybridized carbons (Fsp3) is 0.385. The lowest BCUT2D eigenvalue weighted by molar-refractivity contribution is -0.154. The van der Waals surface area contributed by atoms with E-state index >= 15 is 0 Å². The molecular formula is C52H55N7O9. The molecule has 0 saturated carbocycles. The smallest absolute Gasteiger partial charge is 0.407 e. The van der Waals surface area contributed by atoms with Gasteiger partial charge in [0.1, 0.15) is 17.9 Å². The van der Waals surface area contributed by atoms with Gasteiger partial charge in [0.15, 0.2) is 5.79 Å². The van der Waals surface area contributed by atoms with Gasteiger partial charge in [-0.15, -0.1) is 0 Å². The quantitative estimate of drug-likeness (QED) is 0.121. The Kier molecular flexibility index (Phi) is 12.8. The lowest BCUT2D eigenvalue weighted by Crippen LogP contribution is -2.54. The predicted molar refractivity (Wildman–Crippen MR) is 253 cm³/mol. The van der Waals surface area contributed by atoms with E-state index in [1.54, 1.807) is 11.1 Å². The number of rotatable bonds is 11. The number of ether oxygens (including phenoxy) is 5. The number of hydrogen-bond acceptors (Lipinski definition) is 11. The molecule has 3 N–H and O–H groups in total. The third-order valence-corrected chi connectivity index (χ3v) is 14.0. The monoisotopic (exact) mass is 921 g/mol. The third kappa shape index (κ3) is 9.10. The Morgan fingerprint density at radius 2 is 1.43 bits per heavy atom. The molecule has 0 aliphatic carbocycles. The van der Waals surface area contributed by atoms with Crippen molar-refractivity contribution in [1.82, 2.24) is 30.4 Å². The predicted octanol–water partition coefficient (Wildman–Crippen LogP) is 7.34. The summed E-state index contributed by atoms with van der Waals surface area (Å²) in [6.45, 7) is 2.69. The van der Waals surface area contributed by atoms with Crippen LogP contribution in [0.3, 0.4) is 0 Å². The molecule has 4 amide bonds. The van der Waals surface area contributed by atoms with E-state index in [-0.39, 0.29) is 30.3 Å². The van der Waals surface area contributed by atoms with E-state index in [1.807, 2.05) is 41.4 Å². The number of aliphatic imine (C=N–C) groups is 1. The molecule has 352 valence electrons. The largest absolute Gasteiger partial charge is 0.453 e. The first-order valence-electron chi connectivity index (χ1n) is 23.4. The van der Waals surface area contributed by atoms with Crippen molar-refractivity contribution in [1.29, 1.82) is 0 Å². The molecule has 6 heterocycles. The summed E-state index contributed by atoms with van der Waals surface area (Å²) in [5, 5.41) is 7.70. The Morgan fingerprint density at radius 3 is 2.16 bits per heavy atom. The van der Waals surface area contributed by atoms with Crippen LogP contribution in [0, 0.1) is 5.92 Å². The van der Waals surface area contributed by atoms with Crippen LogP contribution in [0.5, 0.6) is 0 Å². The number of benzene rings is 4. The first kappa shape index (κ1) is 44.9. The van der Waals surface area contributed by atoms with E-state index in [9.17, 15) is 19.2 Å². The number of carbonyl (C=O) groups is 4. The van der Waals surface area contributed by atoms with Crippen molar-refractivity contribution in [2.75, 3.05) is 53.7 Å². The van der Waals surface area contributed by atoms with Gasteiger partial charge in [0, 0.05) is 50.1 Å². The van der Waals surface area contributed by atoms with E-state index in [1.165, 1.54) is 14.2 Å². The standard InChI is InChI=1S/C52H55N7O9/c1-64-50(62)56-45(34-7-4-3-5-8-34)48(60)58-20-6-9-43(58)41-27-40(29-53-41)33-12-10-32(11-13-33)36-14-15-38-26-39(17-16-37(38)25-36)42-30-54-47(55-42)44-28-52(67-23-24-68-52)31-59(44)49(61)46(57-51(63)65-2)35-18-21-66-22-19-35/h3-5,7-8,10-17,25-26,29-30,35,43-46H,6,9,18-24,27-28,31H2,1-2H3,(H,54,55)(H,56,62)(H,57,63)/t43-,44-,45+,46-/m0/s1. The summed E-state index contributed by atoms with van der Waals surface area (Å²) in [7, 11) is 2.58. The van der Waals surface area contributed by atoms with Crippen molar-refractivity contribution in [3.63, 3.8) is 0 Å². The van der Waals surface area contributed by atoms with Gasteiger partial charge < -0.3 is 49.1 Å². The van der Waals surface area contributed by atoms with Crippen LogP contribution in [0.1, 0.15) is 67.6 Å². The number of amides is 4. The summed E-state index contributed by atoms with van der Waals surface area (Å²) in [4.78, 5) is 70.0. The number of aromatic nitrogens is 2. The second kappa shape index (κ2) is 19.4. The van der Waals surface area contributed by atoms with Crippen LogP contribution in [-0.4, -0.2) is 121 Å². The number of allylic oxidation sites excluding steroid dienone is 1. The number of imidazole rings is 1. The Bertz CT molecular complexity index is 2740. The summed E-state index contributed by atoms with van der Waals surface area (Å²) in [6.07, 6.45) is 6.35. The summed E-state index contributed by atoms with van der Waals surface area (Å²) in [6, 6.07) is 28.2. The van der Waals surface area contributed by atoms with E-state index in [2.05, 4.69) is 76.3 Å². The van der Waals surface area contributed by atoms with Gasteiger partial charge in [-0.2, -0.15) is 0 Å². The van der Waals surface area contributed by atoms with Gasteiger partial charge in [0.25, 0.3) is 0 Å². The SMILES string of the molecule is COC(=O)N[C@H](C(=O)N1CC2(C[C@H]1c1ncc(-c3ccc4cc(-c5ccc(C6=CN=C([C@@H]7CCCN7C(=O)[C@H](NC(=O)OC)c7ccccc7)C6)cc5)ccc4c3)[nH]1)OCCO2)C1CCOCC1. The highest BCUT2D eigenvalue weighted by Gasteiger charge is 2.53. The normalized spacial score (nSPS) is 21.1. The summed E-state index contributed by atoms with van der Waals surface area (Å²) in [5.41, 5.74) is 7.73. The van der Waals surface area contributed by atoms with Crippen LogP contribution >= 0.6 is 0 Å². The van der Waals surface area contributed by atoms with Gasteiger partial charge in [-0.25, -0.2) is 14.6 Å². The van der Waals surface area contributed by atoms with Crippen molar-refractivity contribution in [2.45, 2.75) is 68.5 Å². The summed E-state index contributed by atoms with van der Waals surface area (Å²) >= 11 is 0. The molecule has 4 saturated heterocycles. The highest BCUT2D eigenvalue weighted by molar-refractivity contribution is 6.04. The minimum Gasteiger partial charge on any atom is -0.453 e. The lowest BCUT2D eigenvalue weighted by Gasteiger charge is -2.34. The molecule has 5 aliphatic rings. The molecule has 0 bridgehead atoms. The fourth-order valence-electron chi connectivity index (χ4n) is 10.4. The molecule has 0 unspecified atom stereocenters. The molecule has 10 rings (SSSR count). The van der Waals surface area contributed by atoms with Crippen LogP contribution in [-0.2, 0) is 33.3 Å².